The SMILES string of the molecule is [CH3-].[CH3-].[Co+3].c1c[n-]cn1. The smallest absolute Gasteiger partial charge is 0.450 e. The third kappa shape index (κ3) is 5.72. The normalized spacial score (nSPS) is 5.00. The number of imidazole rings is 1. The molecule has 0 saturated heterocycles. The van der Waals surface area contributed by atoms with Crippen molar-refractivity contribution in [1.29, 1.82) is 0 Å². The van der Waals surface area contributed by atoms with E-state index in [4.69, 9.17) is 0 Å². The van der Waals surface area contributed by atoms with Gasteiger partial charge in [0.25, 0.3) is 0 Å². The van der Waals surface area contributed by atoms with Gasteiger partial charge >= 0.3 is 16.8 Å². The Balaban J connectivity index is -0.0000000833. The third-order valence-electron chi connectivity index (χ3n) is 0.372. The Kier molecular flexibility index (Phi) is 19.3. The van der Waals surface area contributed by atoms with E-state index in [2.05, 4.69) is 9.97 Å². The summed E-state index contributed by atoms with van der Waals surface area (Å²) in [5, 5.41) is 0. The molecule has 0 aromatic carbocycles. The summed E-state index contributed by atoms with van der Waals surface area (Å²) in [6, 6.07) is 0. The standard InChI is InChI=1S/C3H3N2.2CH3.Co/c1-2-5-3-4-1;;;/h1-3H;2*1H3;/q3*-1;+3. The molecule has 0 amide bonds. The molecule has 0 radical (unpaired) electrons. The van der Waals surface area contributed by atoms with Crippen LogP contribution in [-0.4, -0.2) is 4.98 Å². The van der Waals surface area contributed by atoms with Gasteiger partial charge < -0.3 is 24.8 Å². The van der Waals surface area contributed by atoms with Crippen molar-refractivity contribution in [2.75, 3.05) is 0 Å². The van der Waals surface area contributed by atoms with Crippen molar-refractivity contribution < 1.29 is 16.8 Å². The van der Waals surface area contributed by atoms with Crippen LogP contribution in [0.4, 0.5) is 0 Å². The molecule has 1 heterocycles. The second kappa shape index (κ2) is 9.87. The summed E-state index contributed by atoms with van der Waals surface area (Å²) in [6.45, 7) is 0. The Hall–Kier alpha value is -0.284. The molecule has 0 saturated carbocycles. The molecule has 0 aliphatic carbocycles. The Labute approximate surface area is 60.9 Å². The fraction of sp³-hybridized carbons (Fsp3) is 0. The van der Waals surface area contributed by atoms with Gasteiger partial charge in [-0.1, -0.05) is 18.7 Å². The Morgan fingerprint density at radius 3 is 2.00 bits per heavy atom. The maximum Gasteiger partial charge on any atom is 3.00 e. The van der Waals surface area contributed by atoms with Crippen LogP contribution in [0.5, 0.6) is 0 Å². The molecule has 48 valence electrons. The minimum atomic E-state index is 0. The van der Waals surface area contributed by atoms with Crippen molar-refractivity contribution in [2.24, 2.45) is 0 Å². The topological polar surface area (TPSA) is 27.0 Å². The van der Waals surface area contributed by atoms with Crippen molar-refractivity contribution >= 4 is 0 Å². The zero-order valence-electron chi connectivity index (χ0n) is 4.96. The zero-order valence-corrected chi connectivity index (χ0v) is 6.00. The Morgan fingerprint density at radius 2 is 1.88 bits per heavy atom. The van der Waals surface area contributed by atoms with Gasteiger partial charge in [-0.3, -0.25) is 0 Å². The first-order valence-corrected chi connectivity index (χ1v) is 1.37. The molecular weight excluding hydrogens is 147 g/mol. The largest absolute Gasteiger partial charge is 3.00 e. The first kappa shape index (κ1) is 15.6. The van der Waals surface area contributed by atoms with E-state index in [0.29, 0.717) is 0 Å². The van der Waals surface area contributed by atoms with E-state index in [9.17, 15) is 0 Å². The third-order valence-corrected chi connectivity index (χ3v) is 0.372. The van der Waals surface area contributed by atoms with Crippen molar-refractivity contribution in [3.8, 4) is 0 Å². The minimum absolute atomic E-state index is 0. The maximum absolute atomic E-state index is 3.61. The van der Waals surface area contributed by atoms with Crippen molar-refractivity contribution in [3.05, 3.63) is 33.6 Å². The molecule has 3 heteroatoms. The second-order valence-electron chi connectivity index (χ2n) is 0.712. The number of aromatic nitrogens is 2. The van der Waals surface area contributed by atoms with Crippen LogP contribution in [0, 0.1) is 14.9 Å². The van der Waals surface area contributed by atoms with Crippen molar-refractivity contribution in [2.45, 2.75) is 0 Å². The van der Waals surface area contributed by atoms with E-state index in [0.717, 1.165) is 0 Å². The molecule has 0 atom stereocenters. The van der Waals surface area contributed by atoms with E-state index in [1.54, 1.807) is 12.4 Å². The van der Waals surface area contributed by atoms with Crippen LogP contribution >= 0.6 is 0 Å². The average Bonchev–Trinajstić information content (AvgIpc) is 1.76. The molecule has 1 rings (SSSR count). The van der Waals surface area contributed by atoms with E-state index >= 15 is 0 Å². The van der Waals surface area contributed by atoms with Gasteiger partial charge in [-0.2, -0.15) is 0 Å². The summed E-state index contributed by atoms with van der Waals surface area (Å²) in [4.78, 5) is 7.22. The van der Waals surface area contributed by atoms with Crippen LogP contribution in [0.1, 0.15) is 0 Å². The van der Waals surface area contributed by atoms with Gasteiger partial charge in [0.1, 0.15) is 0 Å². The fourth-order valence-electron chi connectivity index (χ4n) is 0.192. The molecule has 0 bridgehead atoms. The van der Waals surface area contributed by atoms with Gasteiger partial charge in [-0.25, -0.2) is 0 Å². The summed E-state index contributed by atoms with van der Waals surface area (Å²) in [6.07, 6.45) is 4.78. The molecule has 0 unspecified atom stereocenters. The van der Waals surface area contributed by atoms with E-state index < -0.39 is 0 Å². The van der Waals surface area contributed by atoms with E-state index in [1.807, 2.05) is 0 Å². The predicted octanol–water partition coefficient (Wildman–Crippen LogP) is 0.937. The van der Waals surface area contributed by atoms with Gasteiger partial charge in [0, 0.05) is 0 Å². The van der Waals surface area contributed by atoms with Crippen molar-refractivity contribution in [3.63, 3.8) is 0 Å². The van der Waals surface area contributed by atoms with Gasteiger partial charge in [0.15, 0.2) is 0 Å². The monoisotopic (exact) mass is 156 g/mol. The molecule has 1 aromatic rings. The first-order chi connectivity index (χ1) is 2.50. The second-order valence-corrected chi connectivity index (χ2v) is 0.712. The average molecular weight is 156 g/mol. The molecule has 0 aliphatic heterocycles. The van der Waals surface area contributed by atoms with Crippen LogP contribution < -0.4 is 4.98 Å². The van der Waals surface area contributed by atoms with Crippen LogP contribution in [0.2, 0.25) is 0 Å². The van der Waals surface area contributed by atoms with Crippen LogP contribution in [0.25, 0.3) is 0 Å². The van der Waals surface area contributed by atoms with Gasteiger partial charge in [-0.05, 0) is 0 Å². The van der Waals surface area contributed by atoms with Crippen LogP contribution in [0.15, 0.2) is 18.7 Å². The molecule has 0 N–H and O–H groups in total. The van der Waals surface area contributed by atoms with Gasteiger partial charge in [0.05, 0.1) is 0 Å². The maximum atomic E-state index is 3.61. The molecule has 0 aliphatic rings. The summed E-state index contributed by atoms with van der Waals surface area (Å²) in [5.74, 6) is 0. The summed E-state index contributed by atoms with van der Waals surface area (Å²) in [7, 11) is 0. The van der Waals surface area contributed by atoms with Crippen molar-refractivity contribution in [1.82, 2.24) is 9.97 Å². The number of hydrogen-bond acceptors (Lipinski definition) is 1. The fourth-order valence-corrected chi connectivity index (χ4v) is 0.192. The number of hydrogen-bond donors (Lipinski definition) is 0. The van der Waals surface area contributed by atoms with Gasteiger partial charge in [-0.15, -0.1) is 0 Å². The van der Waals surface area contributed by atoms with Crippen LogP contribution in [-0.2, 0) is 16.8 Å². The molecule has 0 spiro atoms. The Morgan fingerprint density at radius 1 is 1.25 bits per heavy atom. The quantitative estimate of drug-likeness (QED) is 0.522. The van der Waals surface area contributed by atoms with Gasteiger partial charge in [0.2, 0.25) is 0 Å². The summed E-state index contributed by atoms with van der Waals surface area (Å²) < 4.78 is 0. The zero-order chi connectivity index (χ0) is 3.54. The van der Waals surface area contributed by atoms with E-state index in [-0.39, 0.29) is 31.6 Å². The predicted molar refractivity (Wildman–Crippen MR) is 30.4 cm³/mol. The minimum Gasteiger partial charge on any atom is -0.450 e. The molecule has 8 heavy (non-hydrogen) atoms. The number of nitrogens with zero attached hydrogens (tertiary/aromatic N) is 2. The number of rotatable bonds is 0. The summed E-state index contributed by atoms with van der Waals surface area (Å²) in [5.41, 5.74) is 0. The summed E-state index contributed by atoms with van der Waals surface area (Å²) >= 11 is 0. The van der Waals surface area contributed by atoms with Crippen LogP contribution in [0.3, 0.4) is 0 Å². The first-order valence-electron chi connectivity index (χ1n) is 1.37. The molecular formula is C5H9CoN2. The Bertz CT molecular complexity index is 66.9. The molecule has 1 aromatic heterocycles. The molecule has 0 fully saturated rings. The molecule has 2 nitrogen and oxygen atoms in total. The van der Waals surface area contributed by atoms with E-state index in [1.165, 1.54) is 6.33 Å².